The lowest BCUT2D eigenvalue weighted by Gasteiger charge is -2.33. The van der Waals surface area contributed by atoms with E-state index in [0.717, 1.165) is 36.3 Å². The molecule has 100 valence electrons. The molecule has 5 heteroatoms. The molecule has 1 atom stereocenters. The van der Waals surface area contributed by atoms with Crippen LogP contribution in [0.1, 0.15) is 22.6 Å². The van der Waals surface area contributed by atoms with Crippen molar-refractivity contribution in [3.05, 3.63) is 40.4 Å². The predicted octanol–water partition coefficient (Wildman–Crippen LogP) is 2.08. The lowest BCUT2D eigenvalue weighted by atomic mass is 9.79. The van der Waals surface area contributed by atoms with Crippen molar-refractivity contribution in [3.63, 3.8) is 0 Å². The number of hydrogen-bond acceptors (Lipinski definition) is 5. The van der Waals surface area contributed by atoms with Gasteiger partial charge in [0.1, 0.15) is 5.75 Å². The van der Waals surface area contributed by atoms with Gasteiger partial charge in [-0.3, -0.25) is 0 Å². The van der Waals surface area contributed by atoms with Crippen LogP contribution in [-0.2, 0) is 18.4 Å². The number of nitrogen functional groups attached to an aromatic ring is 1. The van der Waals surface area contributed by atoms with Gasteiger partial charge in [0.15, 0.2) is 5.13 Å². The number of anilines is 1. The third kappa shape index (κ3) is 2.19. The Labute approximate surface area is 116 Å². The van der Waals surface area contributed by atoms with Gasteiger partial charge in [-0.05, 0) is 30.5 Å². The molecule has 1 heterocycles. The van der Waals surface area contributed by atoms with Crippen molar-refractivity contribution in [2.75, 3.05) is 12.8 Å². The summed E-state index contributed by atoms with van der Waals surface area (Å²) in [5, 5.41) is 0.643. The van der Waals surface area contributed by atoms with Crippen LogP contribution in [0.4, 0.5) is 5.13 Å². The van der Waals surface area contributed by atoms with Gasteiger partial charge in [0.2, 0.25) is 0 Å². The number of ether oxygens (including phenoxy) is 1. The summed E-state index contributed by atoms with van der Waals surface area (Å²) in [6.45, 7) is 0. The van der Waals surface area contributed by atoms with Gasteiger partial charge in [-0.15, -0.1) is 11.3 Å². The van der Waals surface area contributed by atoms with Crippen LogP contribution in [0.15, 0.2) is 24.3 Å². The molecule has 3 rings (SSSR count). The van der Waals surface area contributed by atoms with Crippen LogP contribution in [0.25, 0.3) is 0 Å². The van der Waals surface area contributed by atoms with Gasteiger partial charge in [-0.2, -0.15) is 0 Å². The fourth-order valence-electron chi connectivity index (χ4n) is 2.62. The number of hydrogen-bond donors (Lipinski definition) is 2. The molecule has 0 fully saturated rings. The maximum absolute atomic E-state index is 6.59. The van der Waals surface area contributed by atoms with Gasteiger partial charge >= 0.3 is 0 Å². The first kappa shape index (κ1) is 12.4. The number of benzene rings is 1. The van der Waals surface area contributed by atoms with Gasteiger partial charge < -0.3 is 16.2 Å². The zero-order valence-electron chi connectivity index (χ0n) is 10.8. The summed E-state index contributed by atoms with van der Waals surface area (Å²) in [6, 6.07) is 8.02. The first-order valence-corrected chi connectivity index (χ1v) is 7.10. The van der Waals surface area contributed by atoms with E-state index in [1.807, 2.05) is 24.3 Å². The molecule has 0 spiro atoms. The molecule has 0 saturated heterocycles. The van der Waals surface area contributed by atoms with Crippen LogP contribution < -0.4 is 16.2 Å². The van der Waals surface area contributed by atoms with Gasteiger partial charge in [-0.25, -0.2) is 4.98 Å². The standard InChI is InChI=1S/C14H17N3OS/c1-18-10-4-2-9(3-5-10)14(16)7-6-11-12(8-14)19-13(15)17-11/h2-5H,6-8,16H2,1H3,(H2,15,17). The van der Waals surface area contributed by atoms with Crippen molar-refractivity contribution in [1.82, 2.24) is 4.98 Å². The van der Waals surface area contributed by atoms with Crippen LogP contribution in [-0.4, -0.2) is 12.1 Å². The summed E-state index contributed by atoms with van der Waals surface area (Å²) >= 11 is 1.56. The molecule has 1 unspecified atom stereocenters. The molecule has 1 aromatic carbocycles. The van der Waals surface area contributed by atoms with E-state index >= 15 is 0 Å². The second-order valence-electron chi connectivity index (χ2n) is 4.98. The number of rotatable bonds is 2. The topological polar surface area (TPSA) is 74.2 Å². The van der Waals surface area contributed by atoms with Crippen LogP contribution in [0.5, 0.6) is 5.75 Å². The summed E-state index contributed by atoms with van der Waals surface area (Å²) in [7, 11) is 1.67. The highest BCUT2D eigenvalue weighted by atomic mass is 32.1. The first-order chi connectivity index (χ1) is 9.10. The third-order valence-corrected chi connectivity index (χ3v) is 4.67. The molecule has 19 heavy (non-hydrogen) atoms. The third-order valence-electron chi connectivity index (χ3n) is 3.74. The van der Waals surface area contributed by atoms with E-state index in [4.69, 9.17) is 16.2 Å². The van der Waals surface area contributed by atoms with Crippen molar-refractivity contribution in [1.29, 1.82) is 0 Å². The first-order valence-electron chi connectivity index (χ1n) is 6.28. The largest absolute Gasteiger partial charge is 0.497 e. The molecule has 1 aromatic heterocycles. The molecule has 0 amide bonds. The molecule has 2 aromatic rings. The van der Waals surface area contributed by atoms with Crippen LogP contribution >= 0.6 is 11.3 Å². The highest BCUT2D eigenvalue weighted by Gasteiger charge is 2.34. The molecular formula is C14H17N3OS. The molecule has 4 nitrogen and oxygen atoms in total. The molecule has 4 N–H and O–H groups in total. The maximum atomic E-state index is 6.59. The maximum Gasteiger partial charge on any atom is 0.180 e. The molecule has 0 bridgehead atoms. The minimum Gasteiger partial charge on any atom is -0.497 e. The second-order valence-corrected chi connectivity index (χ2v) is 6.10. The van der Waals surface area contributed by atoms with Gasteiger partial charge in [0.25, 0.3) is 0 Å². The number of aryl methyl sites for hydroxylation is 1. The number of nitrogens with two attached hydrogens (primary N) is 2. The Morgan fingerprint density at radius 3 is 2.74 bits per heavy atom. The van der Waals surface area contributed by atoms with Crippen molar-refractivity contribution in [2.24, 2.45) is 5.73 Å². The summed E-state index contributed by atoms with van der Waals surface area (Å²) < 4.78 is 5.18. The zero-order chi connectivity index (χ0) is 13.5. The molecular weight excluding hydrogens is 258 g/mol. The fourth-order valence-corrected chi connectivity index (χ4v) is 3.63. The van der Waals surface area contributed by atoms with Gasteiger partial charge in [0, 0.05) is 16.8 Å². The second kappa shape index (κ2) is 4.51. The molecule has 1 aliphatic carbocycles. The Bertz CT molecular complexity index is 593. The quantitative estimate of drug-likeness (QED) is 0.880. The van der Waals surface area contributed by atoms with E-state index in [0.29, 0.717) is 5.13 Å². The van der Waals surface area contributed by atoms with Gasteiger partial charge in [0.05, 0.1) is 12.8 Å². The molecule has 0 radical (unpaired) electrons. The number of nitrogens with zero attached hydrogens (tertiary/aromatic N) is 1. The van der Waals surface area contributed by atoms with E-state index in [2.05, 4.69) is 4.98 Å². The average Bonchev–Trinajstić information content (AvgIpc) is 2.78. The Morgan fingerprint density at radius 2 is 2.05 bits per heavy atom. The normalized spacial score (nSPS) is 22.0. The predicted molar refractivity (Wildman–Crippen MR) is 77.4 cm³/mol. The lowest BCUT2D eigenvalue weighted by Crippen LogP contribution is -2.41. The summed E-state index contributed by atoms with van der Waals surface area (Å²) in [4.78, 5) is 5.58. The van der Waals surface area contributed by atoms with E-state index in [9.17, 15) is 0 Å². The Balaban J connectivity index is 1.91. The Kier molecular flexibility index (Phi) is 2.95. The van der Waals surface area contributed by atoms with Crippen LogP contribution in [0, 0.1) is 0 Å². The van der Waals surface area contributed by atoms with Crippen LogP contribution in [0.2, 0.25) is 0 Å². The molecule has 0 saturated carbocycles. The van der Waals surface area contributed by atoms with E-state index < -0.39 is 0 Å². The Morgan fingerprint density at radius 1 is 1.32 bits per heavy atom. The minimum atomic E-state index is -0.321. The number of fused-ring (bicyclic) bond motifs is 1. The van der Waals surface area contributed by atoms with E-state index in [1.165, 1.54) is 4.88 Å². The average molecular weight is 275 g/mol. The highest BCUT2D eigenvalue weighted by molar-refractivity contribution is 7.15. The lowest BCUT2D eigenvalue weighted by molar-refractivity contribution is 0.384. The molecule has 1 aliphatic rings. The zero-order valence-corrected chi connectivity index (χ0v) is 11.7. The summed E-state index contributed by atoms with van der Waals surface area (Å²) in [5.41, 5.74) is 14.3. The summed E-state index contributed by atoms with van der Waals surface area (Å²) in [5.74, 6) is 0.853. The van der Waals surface area contributed by atoms with Crippen LogP contribution in [0.3, 0.4) is 0 Å². The van der Waals surface area contributed by atoms with E-state index in [-0.39, 0.29) is 5.54 Å². The molecule has 0 aliphatic heterocycles. The van der Waals surface area contributed by atoms with Crippen molar-refractivity contribution >= 4 is 16.5 Å². The number of thiazole rings is 1. The highest BCUT2D eigenvalue weighted by Crippen LogP contribution is 2.37. The fraction of sp³-hybridized carbons (Fsp3) is 0.357. The summed E-state index contributed by atoms with van der Waals surface area (Å²) in [6.07, 6.45) is 2.60. The minimum absolute atomic E-state index is 0.321. The van der Waals surface area contributed by atoms with Gasteiger partial charge in [-0.1, -0.05) is 12.1 Å². The van der Waals surface area contributed by atoms with E-state index in [1.54, 1.807) is 18.4 Å². The van der Waals surface area contributed by atoms with Crippen molar-refractivity contribution in [3.8, 4) is 5.75 Å². The number of aromatic nitrogens is 1. The SMILES string of the molecule is COc1ccc(C2(N)CCc3nc(N)sc3C2)cc1. The Hall–Kier alpha value is -1.59. The van der Waals surface area contributed by atoms with Crippen molar-refractivity contribution < 1.29 is 4.74 Å². The number of methoxy groups -OCH3 is 1. The monoisotopic (exact) mass is 275 g/mol. The smallest absolute Gasteiger partial charge is 0.180 e. The van der Waals surface area contributed by atoms with Crippen molar-refractivity contribution in [2.45, 2.75) is 24.8 Å².